The van der Waals surface area contributed by atoms with Gasteiger partial charge < -0.3 is 0 Å². The molecule has 0 heterocycles. The Morgan fingerprint density at radius 1 is 0.643 bits per heavy atom. The molecule has 0 fully saturated rings. The first-order valence-corrected chi connectivity index (χ1v) is 3.69. The van der Waals surface area contributed by atoms with Gasteiger partial charge in [-0.3, -0.25) is 0 Å². The zero-order valence-corrected chi connectivity index (χ0v) is 7.84. The quantitative estimate of drug-likeness (QED) is 0.559. The number of alkyl halides is 6. The van der Waals surface area contributed by atoms with E-state index in [-0.39, 0.29) is 12.2 Å². The van der Waals surface area contributed by atoms with Crippen molar-refractivity contribution in [2.75, 3.05) is 0 Å². The molecule has 0 aromatic rings. The highest BCUT2D eigenvalue weighted by Crippen LogP contribution is 2.16. The van der Waals surface area contributed by atoms with Gasteiger partial charge in [0.2, 0.25) is 0 Å². The Morgan fingerprint density at radius 2 is 0.857 bits per heavy atom. The van der Waals surface area contributed by atoms with Gasteiger partial charge >= 0.3 is 12.4 Å². The van der Waals surface area contributed by atoms with Crippen molar-refractivity contribution in [3.63, 3.8) is 0 Å². The van der Waals surface area contributed by atoms with E-state index in [1.54, 1.807) is 0 Å². The Bertz CT molecular complexity index is 167. The summed E-state index contributed by atoms with van der Waals surface area (Å²) in [5.74, 6) is 0. The lowest BCUT2D eigenvalue weighted by Gasteiger charge is -1.92. The number of rotatable bonds is 0. The van der Waals surface area contributed by atoms with Crippen LogP contribution in [0, 0.1) is 0 Å². The average Bonchev–Trinajstić information content (AvgIpc) is 1.81. The van der Waals surface area contributed by atoms with Crippen molar-refractivity contribution in [2.24, 2.45) is 0 Å². The Balaban J connectivity index is 0. The molecule has 0 bridgehead atoms. The summed E-state index contributed by atoms with van der Waals surface area (Å²) < 4.78 is 65.3. The summed E-state index contributed by atoms with van der Waals surface area (Å²) in [6, 6.07) is 0. The maximum Gasteiger partial charge on any atom is 0.410 e. The first-order chi connectivity index (χ1) is 6.12. The van der Waals surface area contributed by atoms with Crippen molar-refractivity contribution in [3.05, 3.63) is 23.2 Å². The molecule has 0 aromatic carbocycles. The van der Waals surface area contributed by atoms with Gasteiger partial charge in [0.15, 0.2) is 0 Å². The molecule has 0 saturated carbocycles. The van der Waals surface area contributed by atoms with E-state index in [1.807, 2.05) is 0 Å². The molecule has 0 aliphatic heterocycles. The van der Waals surface area contributed by atoms with Crippen molar-refractivity contribution in [1.82, 2.24) is 0 Å². The molecule has 0 aromatic heterocycles. The zero-order valence-electron chi connectivity index (χ0n) is 6.33. The summed E-state index contributed by atoms with van der Waals surface area (Å²) in [7, 11) is 0. The first kappa shape index (κ1) is 16.1. The number of hydrogen-bond acceptors (Lipinski definition) is 0. The van der Waals surface area contributed by atoms with E-state index in [0.717, 1.165) is 0 Å². The van der Waals surface area contributed by atoms with E-state index in [2.05, 4.69) is 23.2 Å². The van der Waals surface area contributed by atoms with Crippen molar-refractivity contribution in [2.45, 2.75) is 12.4 Å². The van der Waals surface area contributed by atoms with Crippen molar-refractivity contribution < 1.29 is 26.3 Å². The van der Waals surface area contributed by atoms with Gasteiger partial charge in [-0.1, -0.05) is 23.2 Å². The molecule has 84 valence electrons. The van der Waals surface area contributed by atoms with Crippen LogP contribution in [0.15, 0.2) is 23.2 Å². The molecule has 0 spiro atoms. The first-order valence-electron chi connectivity index (χ1n) is 2.81. The highest BCUT2D eigenvalue weighted by Gasteiger charge is 2.21. The Labute approximate surface area is 85.8 Å². The maximum absolute atomic E-state index is 10.9. The fourth-order valence-corrected chi connectivity index (χ4v) is 0.429. The fraction of sp³-hybridized carbons (Fsp3) is 0.333. The van der Waals surface area contributed by atoms with Crippen LogP contribution in [0.2, 0.25) is 0 Å². The van der Waals surface area contributed by atoms with Gasteiger partial charge in [-0.25, -0.2) is 0 Å². The van der Waals surface area contributed by atoms with Crippen LogP contribution in [0.5, 0.6) is 0 Å². The number of hydrogen-bond donors (Lipinski definition) is 0. The third-order valence-corrected chi connectivity index (χ3v) is 0.756. The van der Waals surface area contributed by atoms with Crippen LogP contribution in [0.25, 0.3) is 0 Å². The molecule has 0 N–H and O–H groups in total. The van der Waals surface area contributed by atoms with E-state index in [9.17, 15) is 26.3 Å². The van der Waals surface area contributed by atoms with Crippen LogP contribution in [-0.2, 0) is 0 Å². The minimum atomic E-state index is -4.26. The average molecular weight is 261 g/mol. The second kappa shape index (κ2) is 7.00. The van der Waals surface area contributed by atoms with Gasteiger partial charge in [0.05, 0.1) is 0 Å². The Kier molecular flexibility index (Phi) is 8.04. The van der Waals surface area contributed by atoms with Gasteiger partial charge in [-0.05, 0) is 0 Å². The molecule has 0 saturated heterocycles. The summed E-state index contributed by atoms with van der Waals surface area (Å²) in [4.78, 5) is 0. The van der Waals surface area contributed by atoms with Gasteiger partial charge in [0.1, 0.15) is 0 Å². The second-order valence-electron chi connectivity index (χ2n) is 1.67. The molecule has 0 unspecified atom stereocenters. The maximum atomic E-state index is 10.9. The SMILES string of the molecule is FC(F)(F)C=CCl.FC(F)(F)C=CCl. The summed E-state index contributed by atoms with van der Waals surface area (Å²) in [5, 5.41) is 0. The van der Waals surface area contributed by atoms with Crippen LogP contribution in [0.4, 0.5) is 26.3 Å². The summed E-state index contributed by atoms with van der Waals surface area (Å²) in [6.45, 7) is 0. The molecular weight excluding hydrogens is 257 g/mol. The predicted octanol–water partition coefficient (Wildman–Crippen LogP) is 4.60. The molecule has 0 radical (unpaired) electrons. The van der Waals surface area contributed by atoms with Crippen LogP contribution in [-0.4, -0.2) is 12.4 Å². The fourth-order valence-electron chi connectivity index (χ4n) is 0.143. The Morgan fingerprint density at radius 3 is 0.857 bits per heavy atom. The van der Waals surface area contributed by atoms with E-state index in [4.69, 9.17) is 0 Å². The lowest BCUT2D eigenvalue weighted by Crippen LogP contribution is -1.99. The van der Waals surface area contributed by atoms with E-state index in [1.165, 1.54) is 0 Å². The van der Waals surface area contributed by atoms with Gasteiger partial charge in [0.25, 0.3) is 0 Å². The number of halogens is 8. The zero-order chi connectivity index (χ0) is 11.8. The highest BCUT2D eigenvalue weighted by atomic mass is 35.5. The van der Waals surface area contributed by atoms with Crippen molar-refractivity contribution in [1.29, 1.82) is 0 Å². The smallest absolute Gasteiger partial charge is 0.167 e. The van der Waals surface area contributed by atoms with Gasteiger partial charge in [-0.15, -0.1) is 0 Å². The summed E-state index contributed by atoms with van der Waals surface area (Å²) in [6.07, 6.45) is -8.62. The monoisotopic (exact) mass is 260 g/mol. The van der Waals surface area contributed by atoms with Crippen LogP contribution >= 0.6 is 23.2 Å². The van der Waals surface area contributed by atoms with E-state index >= 15 is 0 Å². The van der Waals surface area contributed by atoms with Crippen molar-refractivity contribution >= 4 is 23.2 Å². The highest BCUT2D eigenvalue weighted by molar-refractivity contribution is 6.25. The molecule has 0 amide bonds. The normalized spacial score (nSPS) is 13.1. The topological polar surface area (TPSA) is 0 Å². The number of allylic oxidation sites excluding steroid dienone is 2. The summed E-state index contributed by atoms with van der Waals surface area (Å²) in [5.41, 5.74) is 0.861. The lowest BCUT2D eigenvalue weighted by molar-refractivity contribution is -0.0806. The molecule has 0 nitrogen and oxygen atoms in total. The van der Waals surface area contributed by atoms with E-state index < -0.39 is 12.4 Å². The largest absolute Gasteiger partial charge is 0.410 e. The minimum absolute atomic E-state index is 0.0471. The molecule has 8 heteroatoms. The summed E-state index contributed by atoms with van der Waals surface area (Å²) >= 11 is 9.17. The molecular formula is C6H4Cl2F6. The molecule has 0 aliphatic rings. The minimum Gasteiger partial charge on any atom is -0.167 e. The van der Waals surface area contributed by atoms with Crippen LogP contribution in [0.1, 0.15) is 0 Å². The lowest BCUT2D eigenvalue weighted by atomic mass is 10.6. The van der Waals surface area contributed by atoms with Crippen molar-refractivity contribution in [3.8, 4) is 0 Å². The van der Waals surface area contributed by atoms with Crippen LogP contribution in [0.3, 0.4) is 0 Å². The van der Waals surface area contributed by atoms with Crippen LogP contribution < -0.4 is 0 Å². The standard InChI is InChI=1S/2C3H2ClF3/c2*4-2-1-3(5,6)7/h2*1-2H. The van der Waals surface area contributed by atoms with E-state index in [0.29, 0.717) is 11.1 Å². The Hall–Kier alpha value is -0.360. The van der Waals surface area contributed by atoms with Gasteiger partial charge in [0, 0.05) is 23.2 Å². The second-order valence-corrected chi connectivity index (χ2v) is 2.17. The van der Waals surface area contributed by atoms with Gasteiger partial charge in [-0.2, -0.15) is 26.3 Å². The third-order valence-electron chi connectivity index (χ3n) is 0.504. The predicted molar refractivity (Wildman–Crippen MR) is 42.1 cm³/mol. The third kappa shape index (κ3) is 22.6. The molecule has 0 rings (SSSR count). The molecule has 0 atom stereocenters. The molecule has 0 aliphatic carbocycles. The molecule has 14 heavy (non-hydrogen) atoms.